The van der Waals surface area contributed by atoms with Crippen molar-refractivity contribution in [2.24, 2.45) is 0 Å². The number of anilines is 1. The van der Waals surface area contributed by atoms with Crippen LogP contribution in [0, 0.1) is 0 Å². The second-order valence-electron chi connectivity index (χ2n) is 4.29. The van der Waals surface area contributed by atoms with Crippen molar-refractivity contribution in [1.82, 2.24) is 9.71 Å². The first-order chi connectivity index (χ1) is 7.83. The van der Waals surface area contributed by atoms with Crippen LogP contribution < -0.4 is 10.5 Å². The molecule has 1 aromatic heterocycles. The minimum atomic E-state index is -3.53. The van der Waals surface area contributed by atoms with E-state index in [2.05, 4.69) is 9.71 Å². The van der Waals surface area contributed by atoms with Gasteiger partial charge in [-0.25, -0.2) is 18.1 Å². The Balaban J connectivity index is 3.05. The third kappa shape index (κ3) is 3.41. The SMILES string of the molecule is CCC(C)(CC)NS(=O)(=O)c1ccnc(N)c1. The minimum absolute atomic E-state index is 0.151. The van der Waals surface area contributed by atoms with Crippen molar-refractivity contribution in [3.8, 4) is 0 Å². The van der Waals surface area contributed by atoms with Gasteiger partial charge in [0.1, 0.15) is 5.82 Å². The van der Waals surface area contributed by atoms with Crippen molar-refractivity contribution >= 4 is 15.8 Å². The zero-order chi connectivity index (χ0) is 13.1. The minimum Gasteiger partial charge on any atom is -0.384 e. The highest BCUT2D eigenvalue weighted by Crippen LogP contribution is 2.19. The lowest BCUT2D eigenvalue weighted by Crippen LogP contribution is -2.44. The van der Waals surface area contributed by atoms with E-state index in [-0.39, 0.29) is 10.7 Å². The Kier molecular flexibility index (Phi) is 4.11. The zero-order valence-corrected chi connectivity index (χ0v) is 11.2. The third-order valence-electron chi connectivity index (χ3n) is 3.00. The van der Waals surface area contributed by atoms with Gasteiger partial charge in [0, 0.05) is 17.8 Å². The molecule has 0 saturated heterocycles. The molecule has 17 heavy (non-hydrogen) atoms. The first-order valence-corrected chi connectivity index (χ1v) is 7.07. The van der Waals surface area contributed by atoms with E-state index in [1.165, 1.54) is 18.3 Å². The molecular formula is C11H19N3O2S. The van der Waals surface area contributed by atoms with Crippen molar-refractivity contribution in [2.75, 3.05) is 5.73 Å². The maximum atomic E-state index is 12.1. The Morgan fingerprint density at radius 2 is 2.00 bits per heavy atom. The van der Waals surface area contributed by atoms with E-state index in [4.69, 9.17) is 5.73 Å². The molecule has 96 valence electrons. The van der Waals surface area contributed by atoms with Gasteiger partial charge in [0.15, 0.2) is 0 Å². The molecule has 1 aromatic rings. The number of pyridine rings is 1. The number of rotatable bonds is 5. The Morgan fingerprint density at radius 1 is 1.41 bits per heavy atom. The molecule has 1 rings (SSSR count). The Morgan fingerprint density at radius 3 is 2.47 bits per heavy atom. The summed E-state index contributed by atoms with van der Waals surface area (Å²) in [4.78, 5) is 3.93. The summed E-state index contributed by atoms with van der Waals surface area (Å²) in [6, 6.07) is 2.79. The van der Waals surface area contributed by atoms with Crippen molar-refractivity contribution in [3.05, 3.63) is 18.3 Å². The molecule has 0 unspecified atom stereocenters. The predicted octanol–water partition coefficient (Wildman–Crippen LogP) is 1.52. The number of nitrogen functional groups attached to an aromatic ring is 1. The van der Waals surface area contributed by atoms with Gasteiger partial charge in [-0.15, -0.1) is 0 Å². The van der Waals surface area contributed by atoms with Crippen LogP contribution in [0.25, 0.3) is 0 Å². The highest BCUT2D eigenvalue weighted by molar-refractivity contribution is 7.89. The summed E-state index contributed by atoms with van der Waals surface area (Å²) < 4.78 is 26.9. The van der Waals surface area contributed by atoms with Gasteiger partial charge in [0.2, 0.25) is 10.0 Å². The lowest BCUT2D eigenvalue weighted by molar-refractivity contribution is 0.388. The first kappa shape index (κ1) is 13.9. The lowest BCUT2D eigenvalue weighted by atomic mass is 9.98. The van der Waals surface area contributed by atoms with E-state index in [0.717, 1.165) is 12.8 Å². The molecule has 0 fully saturated rings. The van der Waals surface area contributed by atoms with Crippen molar-refractivity contribution in [3.63, 3.8) is 0 Å². The smallest absolute Gasteiger partial charge is 0.241 e. The Bertz CT molecular complexity index is 481. The molecule has 1 heterocycles. The van der Waals surface area contributed by atoms with E-state index in [0.29, 0.717) is 0 Å². The van der Waals surface area contributed by atoms with Gasteiger partial charge < -0.3 is 5.73 Å². The molecule has 0 bridgehead atoms. The van der Waals surface area contributed by atoms with Gasteiger partial charge in [-0.2, -0.15) is 0 Å². The van der Waals surface area contributed by atoms with Crippen LogP contribution in [0.15, 0.2) is 23.2 Å². The summed E-state index contributed by atoms with van der Waals surface area (Å²) in [6.45, 7) is 5.79. The average molecular weight is 257 g/mol. The van der Waals surface area contributed by atoms with Gasteiger partial charge in [-0.05, 0) is 25.8 Å². The summed E-state index contributed by atoms with van der Waals surface area (Å²) in [6.07, 6.45) is 2.84. The normalized spacial score (nSPS) is 12.6. The number of sulfonamides is 1. The number of hydrogen-bond acceptors (Lipinski definition) is 4. The number of nitrogens with one attached hydrogen (secondary N) is 1. The van der Waals surface area contributed by atoms with Crippen LogP contribution >= 0.6 is 0 Å². The standard InChI is InChI=1S/C11H19N3O2S/c1-4-11(3,5-2)14-17(15,16)9-6-7-13-10(12)8-9/h6-8,14H,4-5H2,1-3H3,(H2,12,13). The van der Waals surface area contributed by atoms with E-state index in [1.54, 1.807) is 0 Å². The van der Waals surface area contributed by atoms with E-state index in [9.17, 15) is 8.42 Å². The Labute approximate surface area is 102 Å². The van der Waals surface area contributed by atoms with Crippen LogP contribution in [0.5, 0.6) is 0 Å². The summed E-state index contributed by atoms with van der Waals surface area (Å²) in [5.41, 5.74) is 5.05. The second-order valence-corrected chi connectivity index (χ2v) is 5.97. The number of nitrogens with zero attached hydrogens (tertiary/aromatic N) is 1. The molecule has 0 atom stereocenters. The highest BCUT2D eigenvalue weighted by atomic mass is 32.2. The third-order valence-corrected chi connectivity index (χ3v) is 4.64. The average Bonchev–Trinajstić information content (AvgIpc) is 2.28. The van der Waals surface area contributed by atoms with Gasteiger partial charge in [-0.3, -0.25) is 0 Å². The molecule has 0 radical (unpaired) electrons. The first-order valence-electron chi connectivity index (χ1n) is 5.58. The quantitative estimate of drug-likeness (QED) is 0.837. The molecule has 6 heteroatoms. The molecule has 0 aliphatic carbocycles. The summed E-state index contributed by atoms with van der Waals surface area (Å²) in [7, 11) is -3.53. The zero-order valence-electron chi connectivity index (χ0n) is 10.4. The molecule has 0 amide bonds. The predicted molar refractivity (Wildman–Crippen MR) is 68.0 cm³/mol. The molecular weight excluding hydrogens is 238 g/mol. The van der Waals surface area contributed by atoms with Crippen LogP contribution in [-0.2, 0) is 10.0 Å². The summed E-state index contributed by atoms with van der Waals surface area (Å²) in [5, 5.41) is 0. The number of hydrogen-bond donors (Lipinski definition) is 2. The van der Waals surface area contributed by atoms with Gasteiger partial charge in [0.25, 0.3) is 0 Å². The summed E-state index contributed by atoms with van der Waals surface area (Å²) >= 11 is 0. The number of aromatic nitrogens is 1. The fourth-order valence-corrected chi connectivity index (χ4v) is 2.94. The summed E-state index contributed by atoms with van der Waals surface area (Å²) in [5.74, 6) is 0.197. The molecule has 0 aliphatic heterocycles. The molecule has 0 saturated carbocycles. The molecule has 5 nitrogen and oxygen atoms in total. The fourth-order valence-electron chi connectivity index (χ4n) is 1.37. The van der Waals surface area contributed by atoms with E-state index < -0.39 is 15.6 Å². The van der Waals surface area contributed by atoms with Crippen LogP contribution in [0.1, 0.15) is 33.6 Å². The molecule has 3 N–H and O–H groups in total. The lowest BCUT2D eigenvalue weighted by Gasteiger charge is -2.27. The largest absolute Gasteiger partial charge is 0.384 e. The molecule has 0 aromatic carbocycles. The van der Waals surface area contributed by atoms with Gasteiger partial charge in [-0.1, -0.05) is 13.8 Å². The van der Waals surface area contributed by atoms with Gasteiger partial charge in [0.05, 0.1) is 4.90 Å². The highest BCUT2D eigenvalue weighted by Gasteiger charge is 2.27. The van der Waals surface area contributed by atoms with Crippen molar-refractivity contribution < 1.29 is 8.42 Å². The van der Waals surface area contributed by atoms with E-state index in [1.807, 2.05) is 20.8 Å². The monoisotopic (exact) mass is 257 g/mol. The number of nitrogens with two attached hydrogens (primary N) is 1. The molecule has 0 aliphatic rings. The van der Waals surface area contributed by atoms with Crippen LogP contribution in [0.4, 0.5) is 5.82 Å². The van der Waals surface area contributed by atoms with Crippen molar-refractivity contribution in [2.45, 2.75) is 44.0 Å². The van der Waals surface area contributed by atoms with Gasteiger partial charge >= 0.3 is 0 Å². The maximum Gasteiger partial charge on any atom is 0.241 e. The van der Waals surface area contributed by atoms with Crippen LogP contribution in [0.3, 0.4) is 0 Å². The fraction of sp³-hybridized carbons (Fsp3) is 0.545. The van der Waals surface area contributed by atoms with Crippen LogP contribution in [0.2, 0.25) is 0 Å². The second kappa shape index (κ2) is 5.01. The Hall–Kier alpha value is -1.14. The topological polar surface area (TPSA) is 85.1 Å². The van der Waals surface area contributed by atoms with Crippen molar-refractivity contribution in [1.29, 1.82) is 0 Å². The van der Waals surface area contributed by atoms with E-state index >= 15 is 0 Å². The maximum absolute atomic E-state index is 12.1. The molecule has 0 spiro atoms. The van der Waals surface area contributed by atoms with Crippen LogP contribution in [-0.4, -0.2) is 18.9 Å².